The van der Waals surface area contributed by atoms with Crippen LogP contribution < -0.4 is 11.3 Å². The third-order valence-corrected chi connectivity index (χ3v) is 1.63. The molecule has 0 bridgehead atoms. The summed E-state index contributed by atoms with van der Waals surface area (Å²) in [5.41, 5.74) is 5.10. The van der Waals surface area contributed by atoms with E-state index in [0.717, 1.165) is 0 Å². The van der Waals surface area contributed by atoms with E-state index in [1.807, 2.05) is 0 Å². The quantitative estimate of drug-likeness (QED) is 0.705. The van der Waals surface area contributed by atoms with Gasteiger partial charge in [0.15, 0.2) is 0 Å². The van der Waals surface area contributed by atoms with Crippen molar-refractivity contribution in [2.24, 2.45) is 5.73 Å². The Labute approximate surface area is 69.4 Å². The van der Waals surface area contributed by atoms with Crippen molar-refractivity contribution in [2.45, 2.75) is 6.54 Å². The summed E-state index contributed by atoms with van der Waals surface area (Å²) >= 11 is 5.58. The van der Waals surface area contributed by atoms with E-state index in [1.165, 1.54) is 4.57 Å². The van der Waals surface area contributed by atoms with E-state index in [1.54, 1.807) is 18.3 Å². The molecule has 1 aromatic heterocycles. The summed E-state index contributed by atoms with van der Waals surface area (Å²) in [7, 11) is 0. The lowest BCUT2D eigenvalue weighted by atomic mass is 10.4. The Bertz CT molecular complexity index is 295. The molecule has 0 spiro atoms. The molecule has 4 heteroatoms. The van der Waals surface area contributed by atoms with E-state index in [0.29, 0.717) is 13.1 Å². The van der Waals surface area contributed by atoms with Crippen molar-refractivity contribution in [3.8, 4) is 0 Å². The maximum absolute atomic E-state index is 11.1. The zero-order valence-electron chi connectivity index (χ0n) is 5.96. The Morgan fingerprint density at radius 2 is 2.36 bits per heavy atom. The summed E-state index contributed by atoms with van der Waals surface area (Å²) in [5.74, 6) is 0. The lowest BCUT2D eigenvalue weighted by molar-refractivity contribution is 0.681. The number of pyridine rings is 1. The highest BCUT2D eigenvalue weighted by Crippen LogP contribution is 1.97. The zero-order chi connectivity index (χ0) is 8.27. The second-order valence-corrected chi connectivity index (χ2v) is 2.55. The topological polar surface area (TPSA) is 48.0 Å². The first-order chi connectivity index (χ1) is 5.25. The predicted octanol–water partition coefficient (Wildman–Crippen LogP) is 0.460. The van der Waals surface area contributed by atoms with Gasteiger partial charge in [0.2, 0.25) is 0 Å². The first-order valence-corrected chi connectivity index (χ1v) is 3.68. The second kappa shape index (κ2) is 3.55. The molecule has 1 rings (SSSR count). The van der Waals surface area contributed by atoms with Gasteiger partial charge in [-0.05, 0) is 12.1 Å². The maximum Gasteiger partial charge on any atom is 0.269 e. The van der Waals surface area contributed by atoms with Gasteiger partial charge in [0, 0.05) is 19.3 Å². The van der Waals surface area contributed by atoms with Crippen molar-refractivity contribution in [2.75, 3.05) is 6.54 Å². The smallest absolute Gasteiger partial charge is 0.269 e. The van der Waals surface area contributed by atoms with Gasteiger partial charge in [0.1, 0.15) is 5.02 Å². The number of nitrogens with zero attached hydrogens (tertiary/aromatic N) is 1. The SMILES string of the molecule is NCCn1cccc(Cl)c1=O. The molecule has 0 unspecified atom stereocenters. The molecule has 1 heterocycles. The van der Waals surface area contributed by atoms with Gasteiger partial charge >= 0.3 is 0 Å². The molecule has 0 saturated carbocycles. The highest BCUT2D eigenvalue weighted by molar-refractivity contribution is 6.30. The van der Waals surface area contributed by atoms with Crippen LogP contribution in [0.4, 0.5) is 0 Å². The molecule has 60 valence electrons. The summed E-state index contributed by atoms with van der Waals surface area (Å²) in [6.45, 7) is 0.958. The van der Waals surface area contributed by atoms with Gasteiger partial charge in [-0.1, -0.05) is 11.6 Å². The Kier molecular flexibility index (Phi) is 2.68. The summed E-state index contributed by atoms with van der Waals surface area (Å²) < 4.78 is 1.49. The summed E-state index contributed by atoms with van der Waals surface area (Å²) in [5, 5.41) is 0.237. The molecule has 0 saturated heterocycles. The molecule has 1 aromatic rings. The van der Waals surface area contributed by atoms with Crippen LogP contribution in [0, 0.1) is 0 Å². The van der Waals surface area contributed by atoms with Crippen LogP contribution in [0.1, 0.15) is 0 Å². The molecule has 0 radical (unpaired) electrons. The minimum atomic E-state index is -0.181. The Morgan fingerprint density at radius 3 is 3.00 bits per heavy atom. The van der Waals surface area contributed by atoms with Gasteiger partial charge in [-0.2, -0.15) is 0 Å². The Hall–Kier alpha value is -0.800. The van der Waals surface area contributed by atoms with E-state index >= 15 is 0 Å². The Balaban J connectivity index is 3.07. The minimum absolute atomic E-state index is 0.181. The number of nitrogens with two attached hydrogens (primary N) is 1. The van der Waals surface area contributed by atoms with Crippen molar-refractivity contribution in [3.05, 3.63) is 33.7 Å². The van der Waals surface area contributed by atoms with E-state index in [-0.39, 0.29) is 10.6 Å². The van der Waals surface area contributed by atoms with Gasteiger partial charge in [0.05, 0.1) is 0 Å². The van der Waals surface area contributed by atoms with E-state index in [2.05, 4.69) is 0 Å². The number of rotatable bonds is 2. The highest BCUT2D eigenvalue weighted by Gasteiger charge is 1.97. The molecule has 0 aliphatic heterocycles. The largest absolute Gasteiger partial charge is 0.329 e. The first-order valence-electron chi connectivity index (χ1n) is 3.30. The third kappa shape index (κ3) is 1.82. The molecule has 0 atom stereocenters. The fourth-order valence-corrected chi connectivity index (χ4v) is 1.00. The first kappa shape index (κ1) is 8.30. The van der Waals surface area contributed by atoms with Crippen molar-refractivity contribution in [3.63, 3.8) is 0 Å². The van der Waals surface area contributed by atoms with Gasteiger partial charge < -0.3 is 10.3 Å². The fraction of sp³-hybridized carbons (Fsp3) is 0.286. The third-order valence-electron chi connectivity index (χ3n) is 1.34. The highest BCUT2D eigenvalue weighted by atomic mass is 35.5. The van der Waals surface area contributed by atoms with E-state index in [9.17, 15) is 4.79 Å². The van der Waals surface area contributed by atoms with Gasteiger partial charge in [-0.3, -0.25) is 4.79 Å². The molecule has 2 N–H and O–H groups in total. The molecule has 0 aromatic carbocycles. The zero-order valence-corrected chi connectivity index (χ0v) is 6.71. The second-order valence-electron chi connectivity index (χ2n) is 2.14. The molecule has 0 amide bonds. The van der Waals surface area contributed by atoms with Crippen molar-refractivity contribution in [1.29, 1.82) is 0 Å². The predicted molar refractivity (Wildman–Crippen MR) is 44.8 cm³/mol. The van der Waals surface area contributed by atoms with Crippen molar-refractivity contribution >= 4 is 11.6 Å². The molecule has 3 nitrogen and oxygen atoms in total. The molecule has 0 fully saturated rings. The van der Waals surface area contributed by atoms with E-state index < -0.39 is 0 Å². The van der Waals surface area contributed by atoms with Crippen LogP contribution >= 0.6 is 11.6 Å². The van der Waals surface area contributed by atoms with Gasteiger partial charge in [-0.15, -0.1) is 0 Å². The number of hydrogen-bond donors (Lipinski definition) is 1. The van der Waals surface area contributed by atoms with Crippen LogP contribution in [0.5, 0.6) is 0 Å². The average molecular weight is 173 g/mol. The van der Waals surface area contributed by atoms with Crippen LogP contribution in [0.2, 0.25) is 5.02 Å². The van der Waals surface area contributed by atoms with Crippen molar-refractivity contribution in [1.82, 2.24) is 4.57 Å². The van der Waals surface area contributed by atoms with Crippen LogP contribution in [0.25, 0.3) is 0 Å². The molecule has 11 heavy (non-hydrogen) atoms. The monoisotopic (exact) mass is 172 g/mol. The number of hydrogen-bond acceptors (Lipinski definition) is 2. The maximum atomic E-state index is 11.1. The lowest BCUT2D eigenvalue weighted by Crippen LogP contribution is -2.23. The van der Waals surface area contributed by atoms with Gasteiger partial charge in [-0.25, -0.2) is 0 Å². The lowest BCUT2D eigenvalue weighted by Gasteiger charge is -2.01. The Morgan fingerprint density at radius 1 is 1.64 bits per heavy atom. The molecule has 0 aliphatic carbocycles. The van der Waals surface area contributed by atoms with Crippen LogP contribution in [-0.4, -0.2) is 11.1 Å². The number of aromatic nitrogens is 1. The van der Waals surface area contributed by atoms with Crippen LogP contribution in [-0.2, 0) is 6.54 Å². The standard InChI is InChI=1S/C7H9ClN2O/c8-6-2-1-4-10(5-3-9)7(6)11/h1-2,4H,3,5,9H2. The molecular weight excluding hydrogens is 164 g/mol. The van der Waals surface area contributed by atoms with E-state index in [4.69, 9.17) is 17.3 Å². The fourth-order valence-electron chi connectivity index (χ4n) is 0.823. The minimum Gasteiger partial charge on any atom is -0.329 e. The van der Waals surface area contributed by atoms with Crippen LogP contribution in [0.3, 0.4) is 0 Å². The molecular formula is C7H9ClN2O. The average Bonchev–Trinajstić information content (AvgIpc) is 1.99. The summed E-state index contributed by atoms with van der Waals surface area (Å²) in [6, 6.07) is 3.29. The van der Waals surface area contributed by atoms with Crippen LogP contribution in [0.15, 0.2) is 23.1 Å². The summed E-state index contributed by atoms with van der Waals surface area (Å²) in [4.78, 5) is 11.1. The van der Waals surface area contributed by atoms with Gasteiger partial charge in [0.25, 0.3) is 5.56 Å². The van der Waals surface area contributed by atoms with Crippen molar-refractivity contribution < 1.29 is 0 Å². The number of halogens is 1. The molecule has 0 aliphatic rings. The summed E-state index contributed by atoms with van der Waals surface area (Å²) in [6.07, 6.45) is 1.67. The normalized spacial score (nSPS) is 10.0.